The Bertz CT molecular complexity index is 1090. The maximum absolute atomic E-state index is 13.2. The molecule has 2 N–H and O–H groups in total. The number of Topliss-reactive ketones (excluding diaryl/α,β-unsaturated/α-hetero) is 1. The maximum atomic E-state index is 13.2. The average molecular weight is 474 g/mol. The second-order valence-electron chi connectivity index (χ2n) is 11.4. The number of carbonyl (C=O) groups is 2. The fourth-order valence-electron chi connectivity index (χ4n) is 7.67. The molecule has 5 atom stereocenters. The van der Waals surface area contributed by atoms with Crippen LogP contribution in [-0.2, 0) is 29.0 Å². The Morgan fingerprint density at radius 3 is 2.74 bits per heavy atom. The predicted octanol–water partition coefficient (Wildman–Crippen LogP) is 6.09. The van der Waals surface area contributed by atoms with Crippen LogP contribution in [0.1, 0.15) is 87.0 Å². The van der Waals surface area contributed by atoms with E-state index in [0.29, 0.717) is 54.6 Å². The highest BCUT2D eigenvalue weighted by atomic mass is 16.3. The number of aryl methyl sites for hydroxylation is 2. The molecule has 0 aromatic heterocycles. The van der Waals surface area contributed by atoms with Crippen LogP contribution in [0.25, 0.3) is 0 Å². The van der Waals surface area contributed by atoms with Gasteiger partial charge in [0.25, 0.3) is 0 Å². The molecular weight excluding hydrogens is 434 g/mol. The fraction of sp³-hybridized carbons (Fsp3) is 0.548. The van der Waals surface area contributed by atoms with E-state index in [2.05, 4.69) is 25.2 Å². The molecule has 0 aliphatic heterocycles. The van der Waals surface area contributed by atoms with Crippen molar-refractivity contribution in [1.29, 1.82) is 0 Å². The Morgan fingerprint density at radius 1 is 1.17 bits per heavy atom. The van der Waals surface area contributed by atoms with Crippen LogP contribution < -0.4 is 5.32 Å². The van der Waals surface area contributed by atoms with Gasteiger partial charge in [-0.3, -0.25) is 9.59 Å². The van der Waals surface area contributed by atoms with E-state index in [-0.39, 0.29) is 11.3 Å². The summed E-state index contributed by atoms with van der Waals surface area (Å²) in [4.78, 5) is 25.7. The summed E-state index contributed by atoms with van der Waals surface area (Å²) in [6, 6.07) is 14.3. The highest BCUT2D eigenvalue weighted by molar-refractivity contribution is 5.87. The van der Waals surface area contributed by atoms with Crippen molar-refractivity contribution in [2.45, 2.75) is 84.1 Å². The summed E-state index contributed by atoms with van der Waals surface area (Å²) in [5, 5.41) is 13.4. The van der Waals surface area contributed by atoms with E-state index in [1.54, 1.807) is 0 Å². The third-order valence-corrected chi connectivity index (χ3v) is 9.46. The highest BCUT2D eigenvalue weighted by Crippen LogP contribution is 2.62. The van der Waals surface area contributed by atoms with Gasteiger partial charge in [0.05, 0.1) is 0 Å². The van der Waals surface area contributed by atoms with E-state index in [1.807, 2.05) is 36.4 Å². The van der Waals surface area contributed by atoms with Gasteiger partial charge in [-0.05, 0) is 96.9 Å². The Balaban J connectivity index is 1.26. The van der Waals surface area contributed by atoms with Crippen molar-refractivity contribution in [3.63, 3.8) is 0 Å². The lowest BCUT2D eigenvalue weighted by Crippen LogP contribution is -2.44. The van der Waals surface area contributed by atoms with Gasteiger partial charge in [0.2, 0.25) is 5.91 Å². The van der Waals surface area contributed by atoms with Crippen molar-refractivity contribution in [3.05, 3.63) is 64.7 Å². The zero-order chi connectivity index (χ0) is 24.6. The number of hydrogen-bond donors (Lipinski definition) is 2. The molecule has 2 aromatic carbocycles. The second kappa shape index (κ2) is 9.79. The third kappa shape index (κ3) is 4.52. The van der Waals surface area contributed by atoms with Crippen LogP contribution in [0.15, 0.2) is 42.5 Å². The van der Waals surface area contributed by atoms with Gasteiger partial charge in [-0.15, -0.1) is 0 Å². The smallest absolute Gasteiger partial charge is 0.220 e. The predicted molar refractivity (Wildman–Crippen MR) is 138 cm³/mol. The lowest BCUT2D eigenvalue weighted by molar-refractivity contribution is -0.129. The molecule has 4 nitrogen and oxygen atoms in total. The highest BCUT2D eigenvalue weighted by Gasteiger charge is 2.58. The average Bonchev–Trinajstić information content (AvgIpc) is 3.12. The van der Waals surface area contributed by atoms with Gasteiger partial charge in [0, 0.05) is 24.8 Å². The van der Waals surface area contributed by atoms with Crippen LogP contribution in [0, 0.1) is 23.2 Å². The summed E-state index contributed by atoms with van der Waals surface area (Å²) >= 11 is 0. The zero-order valence-electron chi connectivity index (χ0n) is 21.2. The number of hydrogen-bond acceptors (Lipinski definition) is 3. The molecule has 5 rings (SSSR count). The quantitative estimate of drug-likeness (QED) is 0.511. The Kier molecular flexibility index (Phi) is 6.74. The number of fused-ring (bicyclic) bond motifs is 5. The van der Waals surface area contributed by atoms with Gasteiger partial charge in [-0.2, -0.15) is 0 Å². The largest absolute Gasteiger partial charge is 0.508 e. The number of ketones is 1. The molecule has 2 fully saturated rings. The first kappa shape index (κ1) is 24.1. The van der Waals surface area contributed by atoms with E-state index >= 15 is 0 Å². The molecule has 186 valence electrons. The monoisotopic (exact) mass is 473 g/mol. The van der Waals surface area contributed by atoms with Gasteiger partial charge < -0.3 is 10.4 Å². The van der Waals surface area contributed by atoms with Crippen molar-refractivity contribution < 1.29 is 14.7 Å². The molecule has 3 unspecified atom stereocenters. The fourth-order valence-corrected chi connectivity index (χ4v) is 7.67. The number of benzene rings is 2. The normalized spacial score (nSPS) is 29.3. The summed E-state index contributed by atoms with van der Waals surface area (Å²) in [6.07, 6.45) is 7.96. The molecular formula is C31H39NO3. The first-order valence-electron chi connectivity index (χ1n) is 13.6. The maximum Gasteiger partial charge on any atom is 0.220 e. The van der Waals surface area contributed by atoms with Crippen LogP contribution >= 0.6 is 0 Å². The molecule has 0 radical (unpaired) electrons. The minimum Gasteiger partial charge on any atom is -0.508 e. The minimum absolute atomic E-state index is 0.0981. The van der Waals surface area contributed by atoms with Gasteiger partial charge >= 0.3 is 0 Å². The summed E-state index contributed by atoms with van der Waals surface area (Å²) in [6.45, 7) is 4.90. The van der Waals surface area contributed by atoms with Crippen molar-refractivity contribution in [1.82, 2.24) is 5.32 Å². The lowest BCUT2D eigenvalue weighted by atomic mass is 9.54. The van der Waals surface area contributed by atoms with Crippen LogP contribution in [0.2, 0.25) is 0 Å². The van der Waals surface area contributed by atoms with Gasteiger partial charge in [-0.25, -0.2) is 0 Å². The minimum atomic E-state index is -0.205. The number of aromatic hydroxyl groups is 1. The molecule has 0 heterocycles. The van der Waals surface area contributed by atoms with Crippen molar-refractivity contribution >= 4 is 11.7 Å². The molecule has 2 saturated carbocycles. The molecule has 0 spiro atoms. The molecule has 3 aliphatic rings. The lowest BCUT2D eigenvalue weighted by Gasteiger charge is -2.50. The third-order valence-electron chi connectivity index (χ3n) is 9.46. The summed E-state index contributed by atoms with van der Waals surface area (Å²) < 4.78 is 0. The summed E-state index contributed by atoms with van der Waals surface area (Å²) in [7, 11) is 0. The van der Waals surface area contributed by atoms with Crippen molar-refractivity contribution in [2.24, 2.45) is 23.2 Å². The van der Waals surface area contributed by atoms with Gasteiger partial charge in [0.1, 0.15) is 11.5 Å². The molecule has 3 aliphatic carbocycles. The van der Waals surface area contributed by atoms with Crippen LogP contribution in [0.4, 0.5) is 0 Å². The number of nitrogens with one attached hydrogen (secondary N) is 1. The standard InChI is InChI=1S/C31H39NO3/c1-3-21-16-26-22(17-27(21)33)12-13-25-24(26)14-15-31(2)28(34)18-23(30(25)31)10-7-11-29(35)32-19-20-8-5-4-6-9-20/h4-6,8-9,16-17,23-25,30,33H,3,7,10-15,18-19H2,1-2H3,(H,32,35)/t23-,24?,25?,30?,31-/m1/s1. The topological polar surface area (TPSA) is 66.4 Å². The number of amides is 1. The molecule has 0 saturated heterocycles. The first-order chi connectivity index (χ1) is 16.9. The van der Waals surface area contributed by atoms with Gasteiger partial charge in [-0.1, -0.05) is 50.2 Å². The van der Waals surface area contributed by atoms with E-state index in [9.17, 15) is 14.7 Å². The Hall–Kier alpha value is -2.62. The number of carbonyl (C=O) groups excluding carboxylic acids is 2. The van der Waals surface area contributed by atoms with Crippen molar-refractivity contribution in [2.75, 3.05) is 0 Å². The number of phenols is 1. The van der Waals surface area contributed by atoms with E-state index in [1.165, 1.54) is 11.1 Å². The summed E-state index contributed by atoms with van der Waals surface area (Å²) in [5.74, 6) is 2.79. The van der Waals surface area contributed by atoms with E-state index < -0.39 is 0 Å². The first-order valence-corrected chi connectivity index (χ1v) is 13.6. The van der Waals surface area contributed by atoms with E-state index in [0.717, 1.165) is 56.1 Å². The molecule has 0 bridgehead atoms. The van der Waals surface area contributed by atoms with Gasteiger partial charge in [0.15, 0.2) is 0 Å². The SMILES string of the molecule is CCc1cc2c(cc1O)CCC1C2CC[C@]2(C)C(=O)C[C@@H](CCCC(=O)NCc3ccccc3)C12. The Morgan fingerprint density at radius 2 is 1.97 bits per heavy atom. The zero-order valence-corrected chi connectivity index (χ0v) is 21.2. The molecule has 4 heteroatoms. The second-order valence-corrected chi connectivity index (χ2v) is 11.4. The van der Waals surface area contributed by atoms with E-state index in [4.69, 9.17) is 0 Å². The number of rotatable bonds is 7. The molecule has 1 amide bonds. The number of phenolic OH excluding ortho intramolecular Hbond substituents is 1. The summed E-state index contributed by atoms with van der Waals surface area (Å²) in [5.41, 5.74) is 4.68. The van der Waals surface area contributed by atoms with Crippen LogP contribution in [0.5, 0.6) is 5.75 Å². The van der Waals surface area contributed by atoms with Crippen molar-refractivity contribution in [3.8, 4) is 5.75 Å². The Labute approximate surface area is 209 Å². The van der Waals surface area contributed by atoms with Crippen LogP contribution in [0.3, 0.4) is 0 Å². The molecule has 2 aromatic rings. The van der Waals surface area contributed by atoms with Crippen LogP contribution in [-0.4, -0.2) is 16.8 Å². The molecule has 35 heavy (non-hydrogen) atoms.